The Morgan fingerprint density at radius 2 is 1.85 bits per heavy atom. The van der Waals surface area contributed by atoms with Crippen molar-refractivity contribution < 1.29 is 24.6 Å². The molecule has 20 heavy (non-hydrogen) atoms. The lowest BCUT2D eigenvalue weighted by Crippen LogP contribution is -2.54. The highest BCUT2D eigenvalue weighted by Crippen LogP contribution is 2.40. The van der Waals surface area contributed by atoms with Crippen LogP contribution in [0.4, 0.5) is 4.79 Å². The van der Waals surface area contributed by atoms with Crippen LogP contribution in [0.3, 0.4) is 0 Å². The summed E-state index contributed by atoms with van der Waals surface area (Å²) in [5, 5.41) is 21.2. The molecule has 0 bridgehead atoms. The minimum atomic E-state index is -1.06. The zero-order valence-electron chi connectivity index (χ0n) is 12.4. The molecule has 0 heterocycles. The Kier molecular flexibility index (Phi) is 6.74. The predicted molar refractivity (Wildman–Crippen MR) is 73.3 cm³/mol. The zero-order valence-corrected chi connectivity index (χ0v) is 12.4. The molecule has 0 spiro atoms. The molecule has 118 valence electrons. The number of hydrogen-bond acceptors (Lipinski definition) is 6. The van der Waals surface area contributed by atoms with Gasteiger partial charge in [-0.2, -0.15) is 0 Å². The number of rotatable bonds is 7. The fourth-order valence-corrected chi connectivity index (χ4v) is 1.70. The second-order valence-corrected chi connectivity index (χ2v) is 5.79. The van der Waals surface area contributed by atoms with Crippen molar-refractivity contribution in [1.82, 2.24) is 0 Å². The third-order valence-corrected chi connectivity index (χ3v) is 3.20. The maximum atomic E-state index is 10.8. The molecule has 0 saturated carbocycles. The van der Waals surface area contributed by atoms with Gasteiger partial charge < -0.3 is 31.3 Å². The number of carbonyl (C=O) groups excluding carboxylic acids is 1. The van der Waals surface area contributed by atoms with Crippen molar-refractivity contribution in [2.24, 2.45) is 27.5 Å². The SMILES string of the molecule is C[C@@H](O)COCC(COC(N)=O)(C(N)=NO)C(C)(C)C. The van der Waals surface area contributed by atoms with E-state index in [-0.39, 0.29) is 25.7 Å². The van der Waals surface area contributed by atoms with Gasteiger partial charge in [-0.05, 0) is 12.3 Å². The van der Waals surface area contributed by atoms with Gasteiger partial charge in [0.05, 0.1) is 24.7 Å². The van der Waals surface area contributed by atoms with E-state index >= 15 is 0 Å². The third-order valence-electron chi connectivity index (χ3n) is 3.20. The standard InChI is InChI=1S/C12H25N3O5/c1-8(16)5-19-6-12(9(13)15-18,11(2,3)4)7-20-10(14)17/h8,16,18H,5-7H2,1-4H3,(H2,13,15)(H2,14,17)/t8-,12?/m1/s1. The number of oxime groups is 1. The summed E-state index contributed by atoms with van der Waals surface area (Å²) in [7, 11) is 0. The van der Waals surface area contributed by atoms with Crippen molar-refractivity contribution in [2.45, 2.75) is 33.8 Å². The normalized spacial score (nSPS) is 17.4. The van der Waals surface area contributed by atoms with Crippen molar-refractivity contribution in [2.75, 3.05) is 19.8 Å². The van der Waals surface area contributed by atoms with Crippen LogP contribution in [0.15, 0.2) is 5.16 Å². The summed E-state index contributed by atoms with van der Waals surface area (Å²) in [6.07, 6.45) is -1.61. The van der Waals surface area contributed by atoms with Crippen molar-refractivity contribution >= 4 is 11.9 Å². The fourth-order valence-electron chi connectivity index (χ4n) is 1.70. The van der Waals surface area contributed by atoms with E-state index in [0.717, 1.165) is 0 Å². The summed E-state index contributed by atoms with van der Waals surface area (Å²) in [6.45, 7) is 6.96. The van der Waals surface area contributed by atoms with Gasteiger partial charge in [0, 0.05) is 0 Å². The number of amides is 1. The van der Waals surface area contributed by atoms with Crippen LogP contribution >= 0.6 is 0 Å². The first-order valence-electron chi connectivity index (χ1n) is 6.23. The van der Waals surface area contributed by atoms with Gasteiger partial charge in [0.2, 0.25) is 0 Å². The quantitative estimate of drug-likeness (QED) is 0.229. The van der Waals surface area contributed by atoms with Crippen LogP contribution in [-0.2, 0) is 9.47 Å². The molecule has 0 aliphatic carbocycles. The van der Waals surface area contributed by atoms with Crippen LogP contribution in [0.1, 0.15) is 27.7 Å². The number of carbonyl (C=O) groups is 1. The molecule has 0 aromatic heterocycles. The van der Waals surface area contributed by atoms with E-state index in [1.807, 2.05) is 20.8 Å². The number of aliphatic hydroxyl groups excluding tert-OH is 1. The molecule has 0 radical (unpaired) electrons. The van der Waals surface area contributed by atoms with E-state index in [1.54, 1.807) is 6.92 Å². The van der Waals surface area contributed by atoms with Gasteiger partial charge in [-0.25, -0.2) is 4.79 Å². The Morgan fingerprint density at radius 3 is 2.20 bits per heavy atom. The van der Waals surface area contributed by atoms with E-state index in [4.69, 9.17) is 26.1 Å². The molecular formula is C12H25N3O5. The molecule has 0 fully saturated rings. The first kappa shape index (κ1) is 18.5. The number of nitrogens with zero attached hydrogens (tertiary/aromatic N) is 1. The molecule has 0 aliphatic heterocycles. The summed E-state index contributed by atoms with van der Waals surface area (Å²) < 4.78 is 10.2. The lowest BCUT2D eigenvalue weighted by atomic mass is 9.66. The highest BCUT2D eigenvalue weighted by atomic mass is 16.5. The number of aliphatic hydroxyl groups is 1. The molecule has 0 rings (SSSR count). The minimum Gasteiger partial charge on any atom is -0.449 e. The van der Waals surface area contributed by atoms with Crippen LogP contribution < -0.4 is 11.5 Å². The summed E-state index contributed by atoms with van der Waals surface area (Å²) in [6, 6.07) is 0. The third kappa shape index (κ3) is 4.86. The zero-order chi connectivity index (χ0) is 16.0. The highest BCUT2D eigenvalue weighted by Gasteiger charge is 2.48. The molecule has 0 aromatic carbocycles. The summed E-state index contributed by atoms with van der Waals surface area (Å²) in [4.78, 5) is 10.8. The highest BCUT2D eigenvalue weighted by molar-refractivity contribution is 5.87. The number of ether oxygens (including phenoxy) is 2. The van der Waals surface area contributed by atoms with Crippen LogP contribution in [0.25, 0.3) is 0 Å². The lowest BCUT2D eigenvalue weighted by Gasteiger charge is -2.42. The summed E-state index contributed by atoms with van der Waals surface area (Å²) >= 11 is 0. The molecule has 1 amide bonds. The molecule has 2 atom stereocenters. The maximum Gasteiger partial charge on any atom is 0.404 e. The molecular weight excluding hydrogens is 266 g/mol. The lowest BCUT2D eigenvalue weighted by molar-refractivity contribution is -0.0409. The smallest absolute Gasteiger partial charge is 0.404 e. The number of nitrogens with two attached hydrogens (primary N) is 2. The average Bonchev–Trinajstić information content (AvgIpc) is 2.30. The van der Waals surface area contributed by atoms with Gasteiger partial charge in [-0.1, -0.05) is 25.9 Å². The van der Waals surface area contributed by atoms with Crippen molar-refractivity contribution in [3.05, 3.63) is 0 Å². The number of hydrogen-bond donors (Lipinski definition) is 4. The van der Waals surface area contributed by atoms with Gasteiger partial charge in [0.1, 0.15) is 6.61 Å². The molecule has 0 saturated heterocycles. The monoisotopic (exact) mass is 291 g/mol. The summed E-state index contributed by atoms with van der Waals surface area (Å²) in [5.74, 6) is -0.128. The molecule has 8 nitrogen and oxygen atoms in total. The molecule has 6 N–H and O–H groups in total. The average molecular weight is 291 g/mol. The van der Waals surface area contributed by atoms with E-state index in [0.29, 0.717) is 0 Å². The molecule has 0 aromatic rings. The van der Waals surface area contributed by atoms with E-state index in [2.05, 4.69) is 5.16 Å². The topological polar surface area (TPSA) is 140 Å². The minimum absolute atomic E-state index is 0.00454. The van der Waals surface area contributed by atoms with E-state index < -0.39 is 23.0 Å². The Balaban J connectivity index is 5.28. The van der Waals surface area contributed by atoms with Crippen LogP contribution in [0, 0.1) is 10.8 Å². The predicted octanol–water partition coefficient (Wildman–Crippen LogP) is 0.258. The second kappa shape index (κ2) is 7.30. The largest absolute Gasteiger partial charge is 0.449 e. The Bertz CT molecular complexity index is 351. The van der Waals surface area contributed by atoms with Gasteiger partial charge >= 0.3 is 6.09 Å². The maximum absolute atomic E-state index is 10.8. The van der Waals surface area contributed by atoms with Crippen LogP contribution in [0.5, 0.6) is 0 Å². The number of primary amides is 1. The first-order chi connectivity index (χ1) is 9.06. The van der Waals surface area contributed by atoms with Gasteiger partial charge in [0.25, 0.3) is 0 Å². The Morgan fingerprint density at radius 1 is 1.30 bits per heavy atom. The molecule has 1 unspecified atom stereocenters. The van der Waals surface area contributed by atoms with Crippen LogP contribution in [-0.4, -0.2) is 48.2 Å². The Labute approximate surface area is 118 Å². The second-order valence-electron chi connectivity index (χ2n) is 5.79. The van der Waals surface area contributed by atoms with Crippen LogP contribution in [0.2, 0.25) is 0 Å². The van der Waals surface area contributed by atoms with Gasteiger partial charge in [0.15, 0.2) is 5.84 Å². The van der Waals surface area contributed by atoms with E-state index in [9.17, 15) is 9.90 Å². The molecule has 0 aliphatic rings. The fraction of sp³-hybridized carbons (Fsp3) is 0.833. The Hall–Kier alpha value is -1.54. The molecule has 8 heteroatoms. The van der Waals surface area contributed by atoms with Crippen molar-refractivity contribution in [1.29, 1.82) is 0 Å². The van der Waals surface area contributed by atoms with E-state index in [1.165, 1.54) is 0 Å². The number of amidine groups is 1. The van der Waals surface area contributed by atoms with Crippen molar-refractivity contribution in [3.8, 4) is 0 Å². The van der Waals surface area contributed by atoms with Gasteiger partial charge in [-0.3, -0.25) is 0 Å². The summed E-state index contributed by atoms with van der Waals surface area (Å²) in [5.41, 5.74) is 9.14. The van der Waals surface area contributed by atoms with Gasteiger partial charge in [-0.15, -0.1) is 0 Å². The first-order valence-corrected chi connectivity index (χ1v) is 6.23. The van der Waals surface area contributed by atoms with Crippen molar-refractivity contribution in [3.63, 3.8) is 0 Å².